The van der Waals surface area contributed by atoms with Crippen LogP contribution in [-0.2, 0) is 9.53 Å². The molecule has 0 spiro atoms. The monoisotopic (exact) mass is 229 g/mol. The van der Waals surface area contributed by atoms with Gasteiger partial charge in [0.2, 0.25) is 0 Å². The van der Waals surface area contributed by atoms with Crippen molar-refractivity contribution >= 4 is 17.7 Å². The predicted molar refractivity (Wildman–Crippen MR) is 62.4 cm³/mol. The van der Waals surface area contributed by atoms with Gasteiger partial charge in [-0.15, -0.1) is 0 Å². The van der Waals surface area contributed by atoms with E-state index in [0.717, 1.165) is 12.8 Å². The molecule has 0 aliphatic carbocycles. The minimum Gasteiger partial charge on any atom is -0.465 e. The molecule has 0 radical (unpaired) electrons. The highest BCUT2D eigenvalue weighted by molar-refractivity contribution is 8.04. The summed E-state index contributed by atoms with van der Waals surface area (Å²) in [5, 5.41) is 10.8. The number of ether oxygens (including phenoxy) is 1. The lowest BCUT2D eigenvalue weighted by molar-refractivity contribution is -0.140. The maximum Gasteiger partial charge on any atom is 0.302 e. The van der Waals surface area contributed by atoms with Crippen LogP contribution in [-0.4, -0.2) is 17.8 Å². The van der Waals surface area contributed by atoms with Crippen LogP contribution >= 0.6 is 11.8 Å². The van der Waals surface area contributed by atoms with Gasteiger partial charge < -0.3 is 4.74 Å². The lowest BCUT2D eigenvalue weighted by Gasteiger charge is -2.11. The summed E-state index contributed by atoms with van der Waals surface area (Å²) in [6, 6.07) is 0. The number of rotatable bonds is 8. The number of unbranched alkanes of at least 4 members (excludes halogenated alkanes) is 3. The van der Waals surface area contributed by atoms with Crippen LogP contribution in [0.4, 0.5) is 0 Å². The molecule has 0 aliphatic rings. The molecule has 0 aromatic carbocycles. The Kier molecular flexibility index (Phi) is 9.40. The van der Waals surface area contributed by atoms with E-state index in [1.165, 1.54) is 37.9 Å². The normalized spacial score (nSPS) is 11.8. The van der Waals surface area contributed by atoms with Crippen molar-refractivity contribution in [2.75, 3.05) is 6.61 Å². The molecule has 86 valence electrons. The van der Waals surface area contributed by atoms with Crippen LogP contribution < -0.4 is 0 Å². The Balaban J connectivity index is 3.63. The molecule has 1 atom stereocenters. The van der Waals surface area contributed by atoms with E-state index in [9.17, 15) is 4.79 Å². The van der Waals surface area contributed by atoms with E-state index in [1.54, 1.807) is 0 Å². The zero-order valence-corrected chi connectivity index (χ0v) is 10.3. The molecule has 0 aliphatic heterocycles. The van der Waals surface area contributed by atoms with Crippen molar-refractivity contribution in [2.24, 2.45) is 0 Å². The fraction of sp³-hybridized carbons (Fsp3) is 0.818. The van der Waals surface area contributed by atoms with Crippen molar-refractivity contribution in [1.29, 1.82) is 5.26 Å². The molecule has 0 saturated carbocycles. The maximum atomic E-state index is 10.6. The number of thioether (sulfide) groups is 1. The quantitative estimate of drug-likeness (QED) is 0.364. The van der Waals surface area contributed by atoms with E-state index in [4.69, 9.17) is 10.00 Å². The lowest BCUT2D eigenvalue weighted by Crippen LogP contribution is -2.14. The second kappa shape index (κ2) is 9.85. The third-order valence-electron chi connectivity index (χ3n) is 2.07. The fourth-order valence-corrected chi connectivity index (χ4v) is 1.83. The van der Waals surface area contributed by atoms with E-state index < -0.39 is 0 Å². The summed E-state index contributed by atoms with van der Waals surface area (Å²) in [6.45, 7) is 3.92. The summed E-state index contributed by atoms with van der Waals surface area (Å²) in [5.41, 5.74) is 0. The molecular weight excluding hydrogens is 210 g/mol. The van der Waals surface area contributed by atoms with E-state index in [1.807, 2.05) is 0 Å². The van der Waals surface area contributed by atoms with Gasteiger partial charge in [-0.05, 0) is 18.2 Å². The van der Waals surface area contributed by atoms with Gasteiger partial charge in [-0.25, -0.2) is 0 Å². The zero-order valence-electron chi connectivity index (χ0n) is 9.49. The molecule has 0 N–H and O–H groups in total. The van der Waals surface area contributed by atoms with Crippen LogP contribution in [0.1, 0.15) is 46.0 Å². The van der Waals surface area contributed by atoms with Gasteiger partial charge >= 0.3 is 5.97 Å². The summed E-state index contributed by atoms with van der Waals surface area (Å²) in [7, 11) is 0. The van der Waals surface area contributed by atoms with E-state index in [2.05, 4.69) is 12.3 Å². The highest BCUT2D eigenvalue weighted by atomic mass is 32.2. The van der Waals surface area contributed by atoms with Crippen LogP contribution in [0.2, 0.25) is 0 Å². The zero-order chi connectivity index (χ0) is 11.5. The SMILES string of the molecule is CCCCCCC(COC(C)=O)SC#N. The van der Waals surface area contributed by atoms with E-state index in [0.29, 0.717) is 6.61 Å². The Hall–Kier alpha value is -0.690. The molecule has 0 bridgehead atoms. The van der Waals surface area contributed by atoms with Crippen LogP contribution in [0, 0.1) is 10.7 Å². The standard InChI is InChI=1S/C11H19NO2S/c1-3-4-5-6-7-11(15-9-12)8-14-10(2)13/h11H,3-8H2,1-2H3. The number of hydrogen-bond acceptors (Lipinski definition) is 4. The van der Waals surface area contributed by atoms with E-state index in [-0.39, 0.29) is 11.2 Å². The fourth-order valence-electron chi connectivity index (χ4n) is 1.26. The largest absolute Gasteiger partial charge is 0.465 e. The number of thiocyanates is 1. The predicted octanol–water partition coefficient (Wildman–Crippen LogP) is 3.10. The smallest absolute Gasteiger partial charge is 0.302 e. The Morgan fingerprint density at radius 2 is 2.20 bits per heavy atom. The Morgan fingerprint density at radius 1 is 1.47 bits per heavy atom. The minimum absolute atomic E-state index is 0.135. The Morgan fingerprint density at radius 3 is 2.73 bits per heavy atom. The molecule has 3 nitrogen and oxygen atoms in total. The number of carbonyl (C=O) groups is 1. The van der Waals surface area contributed by atoms with Gasteiger partial charge in [0, 0.05) is 6.92 Å². The molecule has 0 amide bonds. The first-order valence-electron chi connectivity index (χ1n) is 5.38. The van der Waals surface area contributed by atoms with Gasteiger partial charge in [-0.3, -0.25) is 4.79 Å². The van der Waals surface area contributed by atoms with Crippen molar-refractivity contribution in [3.63, 3.8) is 0 Å². The number of carbonyl (C=O) groups excluding carboxylic acids is 1. The van der Waals surface area contributed by atoms with Crippen LogP contribution in [0.25, 0.3) is 0 Å². The van der Waals surface area contributed by atoms with Gasteiger partial charge in [0.25, 0.3) is 0 Å². The first-order valence-corrected chi connectivity index (χ1v) is 6.26. The maximum absolute atomic E-state index is 10.6. The topological polar surface area (TPSA) is 50.1 Å². The number of nitrogens with zero attached hydrogens (tertiary/aromatic N) is 1. The van der Waals surface area contributed by atoms with Crippen molar-refractivity contribution in [3.8, 4) is 5.40 Å². The van der Waals surface area contributed by atoms with Crippen molar-refractivity contribution in [1.82, 2.24) is 0 Å². The third-order valence-corrected chi connectivity index (χ3v) is 2.88. The molecule has 15 heavy (non-hydrogen) atoms. The molecular formula is C11H19NO2S. The lowest BCUT2D eigenvalue weighted by atomic mass is 10.1. The molecule has 0 saturated heterocycles. The van der Waals surface area contributed by atoms with Crippen molar-refractivity contribution in [2.45, 2.75) is 51.2 Å². The molecule has 0 aromatic rings. The second-order valence-electron chi connectivity index (χ2n) is 3.48. The molecule has 1 unspecified atom stereocenters. The summed E-state index contributed by atoms with van der Waals surface area (Å²) < 4.78 is 4.90. The molecule has 0 aromatic heterocycles. The van der Waals surface area contributed by atoms with Crippen LogP contribution in [0.15, 0.2) is 0 Å². The average Bonchev–Trinajstić information content (AvgIpc) is 2.20. The third kappa shape index (κ3) is 9.61. The molecule has 0 heterocycles. The van der Waals surface area contributed by atoms with Crippen molar-refractivity contribution < 1.29 is 9.53 Å². The molecule has 0 rings (SSSR count). The number of nitriles is 1. The Labute approximate surface area is 96.2 Å². The Bertz CT molecular complexity index is 213. The second-order valence-corrected chi connectivity index (χ2v) is 4.57. The summed E-state index contributed by atoms with van der Waals surface area (Å²) in [4.78, 5) is 10.6. The molecule has 4 heteroatoms. The molecule has 0 fully saturated rings. The average molecular weight is 229 g/mol. The highest BCUT2D eigenvalue weighted by Gasteiger charge is 2.10. The van der Waals surface area contributed by atoms with Gasteiger partial charge in [0.1, 0.15) is 12.0 Å². The van der Waals surface area contributed by atoms with Gasteiger partial charge in [0.15, 0.2) is 0 Å². The van der Waals surface area contributed by atoms with Gasteiger partial charge in [-0.2, -0.15) is 5.26 Å². The number of hydrogen-bond donors (Lipinski definition) is 0. The summed E-state index contributed by atoms with van der Waals surface area (Å²) in [5.74, 6) is -0.271. The van der Waals surface area contributed by atoms with Gasteiger partial charge in [0.05, 0.1) is 5.25 Å². The van der Waals surface area contributed by atoms with Crippen molar-refractivity contribution in [3.05, 3.63) is 0 Å². The first-order chi connectivity index (χ1) is 7.20. The van der Waals surface area contributed by atoms with E-state index >= 15 is 0 Å². The van der Waals surface area contributed by atoms with Crippen LogP contribution in [0.3, 0.4) is 0 Å². The first kappa shape index (κ1) is 14.3. The minimum atomic E-state index is -0.271. The summed E-state index contributed by atoms with van der Waals surface area (Å²) in [6.07, 6.45) is 5.69. The van der Waals surface area contributed by atoms with Crippen LogP contribution in [0.5, 0.6) is 0 Å². The van der Waals surface area contributed by atoms with Gasteiger partial charge in [-0.1, -0.05) is 32.6 Å². The number of esters is 1. The highest BCUT2D eigenvalue weighted by Crippen LogP contribution is 2.17. The summed E-state index contributed by atoms with van der Waals surface area (Å²) >= 11 is 1.20.